The summed E-state index contributed by atoms with van der Waals surface area (Å²) < 4.78 is 1.21. The van der Waals surface area contributed by atoms with Gasteiger partial charge in [0.25, 0.3) is 0 Å². The van der Waals surface area contributed by atoms with Gasteiger partial charge < -0.3 is 4.48 Å². The van der Waals surface area contributed by atoms with Crippen molar-refractivity contribution in [3.05, 3.63) is 24.3 Å². The quantitative estimate of drug-likeness (QED) is 0.0362. The molecule has 0 aromatic carbocycles. The Morgan fingerprint density at radius 3 is 0.667 bits per heavy atom. The van der Waals surface area contributed by atoms with E-state index in [1.807, 2.05) is 0 Å². The van der Waals surface area contributed by atoms with Gasteiger partial charge in [-0.1, -0.05) is 207 Å². The maximum absolute atomic E-state index is 4.35. The first-order valence-electron chi connectivity index (χ1n) is 21.1. The third-order valence-electron chi connectivity index (χ3n) is 10.2. The van der Waals surface area contributed by atoms with Crippen LogP contribution in [0.1, 0.15) is 233 Å². The fraction of sp³-hybridized carbons (Fsp3) is 0.909. The van der Waals surface area contributed by atoms with Gasteiger partial charge in [0.2, 0.25) is 0 Å². The number of quaternary nitrogens is 1. The minimum absolute atomic E-state index is 1.14. The molecular formula is C44H88N+. The van der Waals surface area contributed by atoms with Crippen LogP contribution in [0.5, 0.6) is 0 Å². The maximum atomic E-state index is 4.35. The van der Waals surface area contributed by atoms with Gasteiger partial charge in [-0.05, 0) is 50.7 Å². The van der Waals surface area contributed by atoms with Gasteiger partial charge in [0.1, 0.15) is 13.1 Å². The summed E-state index contributed by atoms with van der Waals surface area (Å²) in [5.41, 5.74) is 2.70. The average Bonchev–Trinajstić information content (AvgIpc) is 3.00. The highest BCUT2D eigenvalue weighted by Crippen LogP contribution is 2.21. The Morgan fingerprint density at radius 1 is 0.311 bits per heavy atom. The predicted octanol–water partition coefficient (Wildman–Crippen LogP) is 15.5. The highest BCUT2D eigenvalue weighted by Gasteiger charge is 2.26. The van der Waals surface area contributed by atoms with Crippen molar-refractivity contribution in [3.63, 3.8) is 0 Å². The van der Waals surface area contributed by atoms with Crippen LogP contribution in [-0.4, -0.2) is 30.7 Å². The standard InChI is InChI=1S/C44H88N/c1-7-9-11-13-15-17-19-21-23-25-27-29-31-33-35-37-39-45(41-43(3)4,42-44(5)6)40-38-36-34-32-30-28-26-24-22-20-18-16-14-12-10-8-2/h3,5,7-42H2,1-2,4,6H3/q+1. The molecule has 0 amide bonds. The van der Waals surface area contributed by atoms with E-state index in [2.05, 4.69) is 40.9 Å². The topological polar surface area (TPSA) is 0 Å². The van der Waals surface area contributed by atoms with Crippen molar-refractivity contribution in [1.29, 1.82) is 0 Å². The number of rotatable bonds is 38. The van der Waals surface area contributed by atoms with E-state index in [4.69, 9.17) is 0 Å². The van der Waals surface area contributed by atoms with Crippen molar-refractivity contribution in [3.8, 4) is 0 Å². The summed E-state index contributed by atoms with van der Waals surface area (Å²) in [6, 6.07) is 0. The fourth-order valence-corrected chi connectivity index (χ4v) is 7.62. The average molecular weight is 631 g/mol. The lowest BCUT2D eigenvalue weighted by Gasteiger charge is -2.39. The Bertz CT molecular complexity index is 564. The predicted molar refractivity (Wildman–Crippen MR) is 208 cm³/mol. The second-order valence-electron chi connectivity index (χ2n) is 15.6. The molecule has 0 bridgehead atoms. The van der Waals surface area contributed by atoms with Crippen LogP contribution in [0.25, 0.3) is 0 Å². The van der Waals surface area contributed by atoms with E-state index in [-0.39, 0.29) is 0 Å². The lowest BCUT2D eigenvalue weighted by atomic mass is 10.0. The number of hydrogen-bond acceptors (Lipinski definition) is 0. The van der Waals surface area contributed by atoms with Crippen LogP contribution >= 0.6 is 0 Å². The summed E-state index contributed by atoms with van der Waals surface area (Å²) in [5, 5.41) is 0. The molecule has 0 heterocycles. The van der Waals surface area contributed by atoms with Crippen molar-refractivity contribution in [2.75, 3.05) is 26.2 Å². The Kier molecular flexibility index (Phi) is 34.3. The van der Waals surface area contributed by atoms with E-state index in [1.165, 1.54) is 234 Å². The number of nitrogens with zero attached hydrogens (tertiary/aromatic N) is 1. The SMILES string of the molecule is C=C(C)C[N+](CCCCCCCCCCCCCCCCCC)(CCCCCCCCCCCCCCCCCC)CC(=C)C. The third-order valence-corrected chi connectivity index (χ3v) is 10.2. The van der Waals surface area contributed by atoms with E-state index in [9.17, 15) is 0 Å². The van der Waals surface area contributed by atoms with Gasteiger partial charge in [0.15, 0.2) is 0 Å². The van der Waals surface area contributed by atoms with E-state index in [1.54, 1.807) is 0 Å². The highest BCUT2D eigenvalue weighted by atomic mass is 15.3. The summed E-state index contributed by atoms with van der Waals surface area (Å²) in [4.78, 5) is 0. The van der Waals surface area contributed by atoms with Gasteiger partial charge in [-0.2, -0.15) is 0 Å². The van der Waals surface area contributed by atoms with E-state index in [0.29, 0.717) is 0 Å². The fourth-order valence-electron chi connectivity index (χ4n) is 7.62. The van der Waals surface area contributed by atoms with Gasteiger partial charge in [-0.25, -0.2) is 0 Å². The summed E-state index contributed by atoms with van der Waals surface area (Å²) >= 11 is 0. The summed E-state index contributed by atoms with van der Waals surface area (Å²) in [7, 11) is 0. The monoisotopic (exact) mass is 631 g/mol. The molecule has 0 aliphatic rings. The van der Waals surface area contributed by atoms with Crippen LogP contribution < -0.4 is 0 Å². The minimum Gasteiger partial charge on any atom is -0.317 e. The van der Waals surface area contributed by atoms with Crippen LogP contribution in [-0.2, 0) is 0 Å². The zero-order chi connectivity index (χ0) is 33.1. The number of unbranched alkanes of at least 4 members (excludes halogenated alkanes) is 30. The van der Waals surface area contributed by atoms with Crippen LogP contribution in [0.15, 0.2) is 24.3 Å². The molecule has 0 unspecified atom stereocenters. The van der Waals surface area contributed by atoms with Gasteiger partial charge in [-0.15, -0.1) is 0 Å². The largest absolute Gasteiger partial charge is 0.317 e. The van der Waals surface area contributed by atoms with Gasteiger partial charge in [-0.3, -0.25) is 0 Å². The first kappa shape index (κ1) is 44.4. The van der Waals surface area contributed by atoms with E-state index in [0.717, 1.165) is 13.1 Å². The zero-order valence-corrected chi connectivity index (χ0v) is 32.3. The molecule has 0 atom stereocenters. The molecule has 1 nitrogen and oxygen atoms in total. The molecule has 268 valence electrons. The van der Waals surface area contributed by atoms with Crippen molar-refractivity contribution in [2.45, 2.75) is 233 Å². The van der Waals surface area contributed by atoms with E-state index >= 15 is 0 Å². The highest BCUT2D eigenvalue weighted by molar-refractivity contribution is 4.92. The van der Waals surface area contributed by atoms with Crippen molar-refractivity contribution in [1.82, 2.24) is 0 Å². The molecule has 45 heavy (non-hydrogen) atoms. The van der Waals surface area contributed by atoms with Gasteiger partial charge in [0, 0.05) is 0 Å². The van der Waals surface area contributed by atoms with Crippen LogP contribution in [0, 0.1) is 0 Å². The van der Waals surface area contributed by atoms with E-state index < -0.39 is 0 Å². The molecule has 0 aliphatic carbocycles. The Labute approximate surface area is 287 Å². The normalized spacial score (nSPS) is 11.8. The van der Waals surface area contributed by atoms with Gasteiger partial charge >= 0.3 is 0 Å². The summed E-state index contributed by atoms with van der Waals surface area (Å²) in [6.45, 7) is 22.7. The van der Waals surface area contributed by atoms with Crippen molar-refractivity contribution < 1.29 is 4.48 Å². The first-order valence-corrected chi connectivity index (χ1v) is 21.1. The van der Waals surface area contributed by atoms with Crippen molar-refractivity contribution >= 4 is 0 Å². The molecule has 0 saturated carbocycles. The Balaban J connectivity index is 3.96. The molecule has 1 heteroatoms. The molecule has 0 aromatic rings. The number of hydrogen-bond donors (Lipinski definition) is 0. The van der Waals surface area contributed by atoms with Crippen molar-refractivity contribution in [2.24, 2.45) is 0 Å². The van der Waals surface area contributed by atoms with Crippen LogP contribution in [0.4, 0.5) is 0 Å². The maximum Gasteiger partial charge on any atom is 0.100 e. The molecule has 0 aliphatic heterocycles. The third kappa shape index (κ3) is 33.1. The Morgan fingerprint density at radius 2 is 0.489 bits per heavy atom. The molecule has 0 fully saturated rings. The molecule has 0 radical (unpaired) electrons. The lowest BCUT2D eigenvalue weighted by molar-refractivity contribution is -0.920. The second kappa shape index (κ2) is 34.8. The van der Waals surface area contributed by atoms with Gasteiger partial charge in [0.05, 0.1) is 13.1 Å². The zero-order valence-electron chi connectivity index (χ0n) is 32.3. The summed E-state index contributed by atoms with van der Waals surface area (Å²) in [5.74, 6) is 0. The molecule has 0 rings (SSSR count). The van der Waals surface area contributed by atoms with Crippen LogP contribution in [0.2, 0.25) is 0 Å². The second-order valence-corrected chi connectivity index (χ2v) is 15.6. The molecule has 0 spiro atoms. The molecule has 0 saturated heterocycles. The molecule has 0 aromatic heterocycles. The minimum atomic E-state index is 1.14. The lowest BCUT2D eigenvalue weighted by Crippen LogP contribution is -2.51. The van der Waals surface area contributed by atoms with Crippen LogP contribution in [0.3, 0.4) is 0 Å². The molecule has 0 N–H and O–H groups in total. The first-order chi connectivity index (χ1) is 22.0. The Hall–Kier alpha value is -0.560. The smallest absolute Gasteiger partial charge is 0.100 e. The summed E-state index contributed by atoms with van der Waals surface area (Å²) in [6.07, 6.45) is 46.2. The molecular weight excluding hydrogens is 542 g/mol.